The molecular weight excluding hydrogens is 154 g/mol. The molecule has 1 fully saturated rings. The molecule has 0 radical (unpaired) electrons. The predicted octanol–water partition coefficient (Wildman–Crippen LogP) is 1.24. The minimum Gasteiger partial charge on any atom is -0.480 e. The van der Waals surface area contributed by atoms with Gasteiger partial charge in [-0.05, 0) is 31.6 Å². The maximum Gasteiger partial charge on any atom is 0.320 e. The summed E-state index contributed by atoms with van der Waals surface area (Å²) in [5, 5.41) is 11.6. The number of rotatable bonds is 5. The van der Waals surface area contributed by atoms with E-state index in [1.807, 2.05) is 0 Å². The normalized spacial score (nSPS) is 21.8. The largest absolute Gasteiger partial charge is 0.480 e. The maximum atomic E-state index is 10.5. The summed E-state index contributed by atoms with van der Waals surface area (Å²) in [6, 6.07) is -0.408. The van der Waals surface area contributed by atoms with Crippen LogP contribution in [0, 0.1) is 5.41 Å². The van der Waals surface area contributed by atoms with Crippen molar-refractivity contribution in [3.63, 3.8) is 0 Å². The van der Waals surface area contributed by atoms with Crippen molar-refractivity contribution in [2.75, 3.05) is 6.54 Å². The maximum absolute atomic E-state index is 10.5. The minimum atomic E-state index is -0.762. The highest BCUT2D eigenvalue weighted by atomic mass is 16.4. The standard InChI is InChI=1S/C9H17NO2/c1-3-9(4-5-9)6-10-7(2)8(11)12/h7,10H,3-6H2,1-2H3,(H,11,12). The van der Waals surface area contributed by atoms with Gasteiger partial charge in [0.25, 0.3) is 0 Å². The van der Waals surface area contributed by atoms with Crippen LogP contribution < -0.4 is 5.32 Å². The van der Waals surface area contributed by atoms with Crippen molar-refractivity contribution >= 4 is 5.97 Å². The van der Waals surface area contributed by atoms with E-state index in [2.05, 4.69) is 12.2 Å². The Labute approximate surface area is 73.2 Å². The molecule has 1 saturated carbocycles. The molecule has 1 atom stereocenters. The molecule has 3 nitrogen and oxygen atoms in total. The number of nitrogens with one attached hydrogen (secondary N) is 1. The van der Waals surface area contributed by atoms with E-state index >= 15 is 0 Å². The first-order valence-corrected chi connectivity index (χ1v) is 4.56. The van der Waals surface area contributed by atoms with Gasteiger partial charge in [0, 0.05) is 6.54 Å². The molecule has 0 aliphatic heterocycles. The Kier molecular flexibility index (Phi) is 2.73. The van der Waals surface area contributed by atoms with Crippen molar-refractivity contribution in [2.45, 2.75) is 39.2 Å². The predicted molar refractivity (Wildman–Crippen MR) is 47.1 cm³/mol. The summed E-state index contributed by atoms with van der Waals surface area (Å²) in [4.78, 5) is 10.5. The van der Waals surface area contributed by atoms with E-state index in [0.717, 1.165) is 13.0 Å². The van der Waals surface area contributed by atoms with Crippen molar-refractivity contribution in [1.29, 1.82) is 0 Å². The van der Waals surface area contributed by atoms with Crippen molar-refractivity contribution in [3.8, 4) is 0 Å². The molecule has 0 aromatic heterocycles. The van der Waals surface area contributed by atoms with Crippen molar-refractivity contribution in [2.24, 2.45) is 5.41 Å². The Morgan fingerprint density at radius 1 is 1.67 bits per heavy atom. The lowest BCUT2D eigenvalue weighted by molar-refractivity contribution is -0.139. The van der Waals surface area contributed by atoms with Crippen LogP contribution in [-0.4, -0.2) is 23.7 Å². The minimum absolute atomic E-state index is 0.408. The Morgan fingerprint density at radius 3 is 2.58 bits per heavy atom. The molecule has 1 aliphatic carbocycles. The molecule has 0 heterocycles. The van der Waals surface area contributed by atoms with Crippen molar-refractivity contribution in [3.05, 3.63) is 0 Å². The number of carboxylic acid groups (broad SMARTS) is 1. The topological polar surface area (TPSA) is 49.3 Å². The molecule has 2 N–H and O–H groups in total. The molecule has 1 aliphatic rings. The third-order valence-corrected chi connectivity index (χ3v) is 2.86. The van der Waals surface area contributed by atoms with Crippen LogP contribution in [0.15, 0.2) is 0 Å². The number of hydrogen-bond donors (Lipinski definition) is 2. The zero-order chi connectivity index (χ0) is 9.19. The van der Waals surface area contributed by atoms with Gasteiger partial charge < -0.3 is 10.4 Å². The summed E-state index contributed by atoms with van der Waals surface area (Å²) in [6.07, 6.45) is 3.66. The number of carboxylic acids is 1. The lowest BCUT2D eigenvalue weighted by atomic mass is 10.0. The molecule has 70 valence electrons. The Bertz CT molecular complexity index is 175. The third-order valence-electron chi connectivity index (χ3n) is 2.86. The van der Waals surface area contributed by atoms with Crippen LogP contribution in [-0.2, 0) is 4.79 Å². The molecule has 1 rings (SSSR count). The van der Waals surface area contributed by atoms with Gasteiger partial charge in [-0.25, -0.2) is 0 Å². The van der Waals surface area contributed by atoms with E-state index in [9.17, 15) is 4.79 Å². The molecule has 0 spiro atoms. The van der Waals surface area contributed by atoms with Crippen LogP contribution in [0.2, 0.25) is 0 Å². The van der Waals surface area contributed by atoms with Gasteiger partial charge in [-0.3, -0.25) is 4.79 Å². The van der Waals surface area contributed by atoms with E-state index in [4.69, 9.17) is 5.11 Å². The Morgan fingerprint density at radius 2 is 2.25 bits per heavy atom. The quantitative estimate of drug-likeness (QED) is 0.654. The molecular formula is C9H17NO2. The van der Waals surface area contributed by atoms with E-state index in [0.29, 0.717) is 5.41 Å². The zero-order valence-electron chi connectivity index (χ0n) is 7.76. The van der Waals surface area contributed by atoms with E-state index in [-0.39, 0.29) is 0 Å². The monoisotopic (exact) mass is 171 g/mol. The molecule has 0 bridgehead atoms. The van der Waals surface area contributed by atoms with Crippen LogP contribution in [0.1, 0.15) is 33.1 Å². The fraction of sp³-hybridized carbons (Fsp3) is 0.889. The van der Waals surface area contributed by atoms with Crippen molar-refractivity contribution < 1.29 is 9.90 Å². The first-order chi connectivity index (χ1) is 5.59. The molecule has 1 unspecified atom stereocenters. The summed E-state index contributed by atoms with van der Waals surface area (Å²) in [5.41, 5.74) is 0.434. The molecule has 0 aromatic carbocycles. The third kappa shape index (κ3) is 2.21. The van der Waals surface area contributed by atoms with E-state index in [1.54, 1.807) is 6.92 Å². The summed E-state index contributed by atoms with van der Waals surface area (Å²) < 4.78 is 0. The fourth-order valence-electron chi connectivity index (χ4n) is 1.29. The second kappa shape index (κ2) is 3.44. The summed E-state index contributed by atoms with van der Waals surface area (Å²) in [7, 11) is 0. The van der Waals surface area contributed by atoms with Gasteiger partial charge in [0.2, 0.25) is 0 Å². The second-order valence-corrected chi connectivity index (χ2v) is 3.79. The van der Waals surface area contributed by atoms with Gasteiger partial charge in [0.15, 0.2) is 0 Å². The van der Waals surface area contributed by atoms with Crippen LogP contribution >= 0.6 is 0 Å². The number of carbonyl (C=O) groups is 1. The summed E-state index contributed by atoms with van der Waals surface area (Å²) in [5.74, 6) is -0.762. The molecule has 3 heteroatoms. The number of aliphatic carboxylic acids is 1. The lowest BCUT2D eigenvalue weighted by Crippen LogP contribution is -2.37. The summed E-state index contributed by atoms with van der Waals surface area (Å²) >= 11 is 0. The fourth-order valence-corrected chi connectivity index (χ4v) is 1.29. The van der Waals surface area contributed by atoms with Gasteiger partial charge in [0.05, 0.1) is 0 Å². The van der Waals surface area contributed by atoms with Gasteiger partial charge in [-0.1, -0.05) is 6.92 Å². The highest BCUT2D eigenvalue weighted by molar-refractivity contribution is 5.72. The highest BCUT2D eigenvalue weighted by Gasteiger charge is 2.40. The average Bonchev–Trinajstić information content (AvgIpc) is 2.81. The lowest BCUT2D eigenvalue weighted by Gasteiger charge is -2.15. The molecule has 0 aromatic rings. The zero-order valence-corrected chi connectivity index (χ0v) is 7.76. The van der Waals surface area contributed by atoms with Crippen LogP contribution in [0.5, 0.6) is 0 Å². The van der Waals surface area contributed by atoms with E-state index in [1.165, 1.54) is 12.8 Å². The van der Waals surface area contributed by atoms with Crippen LogP contribution in [0.4, 0.5) is 0 Å². The Balaban J connectivity index is 2.21. The van der Waals surface area contributed by atoms with Gasteiger partial charge >= 0.3 is 5.97 Å². The summed E-state index contributed by atoms with van der Waals surface area (Å²) in [6.45, 7) is 4.71. The Hall–Kier alpha value is -0.570. The average molecular weight is 171 g/mol. The first kappa shape index (κ1) is 9.52. The smallest absolute Gasteiger partial charge is 0.320 e. The van der Waals surface area contributed by atoms with Gasteiger partial charge in [0.1, 0.15) is 6.04 Å². The van der Waals surface area contributed by atoms with Crippen molar-refractivity contribution in [1.82, 2.24) is 5.32 Å². The highest BCUT2D eigenvalue weighted by Crippen LogP contribution is 2.47. The van der Waals surface area contributed by atoms with Crippen LogP contribution in [0.3, 0.4) is 0 Å². The SMILES string of the molecule is CCC1(CNC(C)C(=O)O)CC1. The van der Waals surface area contributed by atoms with Gasteiger partial charge in [-0.15, -0.1) is 0 Å². The molecule has 0 saturated heterocycles. The van der Waals surface area contributed by atoms with Crippen LogP contribution in [0.25, 0.3) is 0 Å². The first-order valence-electron chi connectivity index (χ1n) is 4.56. The van der Waals surface area contributed by atoms with E-state index < -0.39 is 12.0 Å². The second-order valence-electron chi connectivity index (χ2n) is 3.79. The molecule has 12 heavy (non-hydrogen) atoms. The molecule has 0 amide bonds. The van der Waals surface area contributed by atoms with Gasteiger partial charge in [-0.2, -0.15) is 0 Å². The number of hydrogen-bond acceptors (Lipinski definition) is 2.